The Hall–Kier alpha value is -2.29. The second kappa shape index (κ2) is 48.3. The third-order valence-electron chi connectivity index (χ3n) is 12.2. The number of rotatable bonds is 50. The topological polar surface area (TPSA) is 111 Å². The van der Waals surface area contributed by atoms with Gasteiger partial charge >= 0.3 is 13.8 Å². The highest BCUT2D eigenvalue weighted by molar-refractivity contribution is 7.47. The number of unbranched alkanes of at least 4 members (excludes halogenated alkanes) is 26. The SMILES string of the molecule is CC/C=C/C/C=C/C/C=C/CCCCCCC(=O)OC(/C=C/CCCCCCCCCCC)C(COP(=O)(O)OCC[N+](C)(C)C)NC(=O)CCCCCCCCC/C=C/CCCCCCCC. The number of phosphoric ester groups is 1. The number of esters is 1. The van der Waals surface area contributed by atoms with Crippen molar-refractivity contribution in [3.63, 3.8) is 0 Å². The van der Waals surface area contributed by atoms with E-state index in [1.54, 1.807) is 0 Å². The summed E-state index contributed by atoms with van der Waals surface area (Å²) < 4.78 is 30.5. The van der Waals surface area contributed by atoms with E-state index in [0.29, 0.717) is 23.9 Å². The van der Waals surface area contributed by atoms with Gasteiger partial charge in [0.15, 0.2) is 0 Å². The number of allylic oxidation sites excluding steroid dienone is 9. The molecule has 3 atom stereocenters. The van der Waals surface area contributed by atoms with E-state index in [-0.39, 0.29) is 31.5 Å². The summed E-state index contributed by atoms with van der Waals surface area (Å²) in [6.07, 6.45) is 59.3. The highest BCUT2D eigenvalue weighted by Gasteiger charge is 2.30. The van der Waals surface area contributed by atoms with Gasteiger partial charge in [-0.2, -0.15) is 0 Å². The molecule has 2 N–H and O–H groups in total. The first-order valence-corrected chi connectivity index (χ1v) is 29.6. The number of nitrogens with zero attached hydrogens (tertiary/aromatic N) is 1. The van der Waals surface area contributed by atoms with Crippen LogP contribution in [0, 0.1) is 0 Å². The molecule has 0 aliphatic carbocycles. The van der Waals surface area contributed by atoms with Crippen LogP contribution >= 0.6 is 7.82 Å². The van der Waals surface area contributed by atoms with Crippen LogP contribution in [-0.4, -0.2) is 74.3 Å². The number of hydrogen-bond acceptors (Lipinski definition) is 6. The third kappa shape index (κ3) is 48.7. The highest BCUT2D eigenvalue weighted by Crippen LogP contribution is 2.43. The number of ether oxygens (including phenoxy) is 1. The van der Waals surface area contributed by atoms with Gasteiger partial charge in [0.05, 0.1) is 33.8 Å². The number of amides is 1. The summed E-state index contributed by atoms with van der Waals surface area (Å²) in [7, 11) is 1.48. The van der Waals surface area contributed by atoms with Crippen molar-refractivity contribution in [1.29, 1.82) is 0 Å². The molecule has 1 amide bonds. The van der Waals surface area contributed by atoms with Crippen molar-refractivity contribution in [1.82, 2.24) is 5.32 Å². The molecule has 0 rings (SSSR count). The molecule has 0 aromatic carbocycles. The maximum absolute atomic E-state index is 13.5. The molecule has 0 aromatic heterocycles. The standard InChI is InChI=1S/C58H107N2O7P/c1-7-10-13-16-19-22-25-27-29-30-31-32-35-38-41-44-47-50-57(61)59-55(54-66-68(63,64)65-53-52-60(4,5)6)56(49-46-43-40-37-34-24-21-18-15-12-9-3)67-58(62)51-48-45-42-39-36-33-28-26-23-20-17-14-11-8-2/h11,14,20,23,27-29,33,46,49,55-56H,7-10,12-13,15-19,21-22,24-26,30-32,34-45,47-48,50-54H2,1-6H3,(H-,59,61,63,64)/p+1/b14-11+,23-20+,29-27+,33-28+,49-46+. The van der Waals surface area contributed by atoms with E-state index in [4.69, 9.17) is 13.8 Å². The Bertz CT molecular complexity index is 1350. The minimum atomic E-state index is -4.45. The Balaban J connectivity index is 5.36. The van der Waals surface area contributed by atoms with Crippen LogP contribution in [0.1, 0.15) is 245 Å². The first-order valence-electron chi connectivity index (χ1n) is 28.1. The number of carbonyl (C=O) groups excluding carboxylic acids is 2. The van der Waals surface area contributed by atoms with E-state index >= 15 is 0 Å². The van der Waals surface area contributed by atoms with Crippen molar-refractivity contribution in [2.45, 2.75) is 258 Å². The first kappa shape index (κ1) is 65.7. The van der Waals surface area contributed by atoms with Gasteiger partial charge in [-0.3, -0.25) is 18.6 Å². The number of likely N-dealkylation sites (N-methyl/N-ethyl adjacent to an activating group) is 1. The lowest BCUT2D eigenvalue weighted by Crippen LogP contribution is -2.47. The molecule has 0 saturated carbocycles. The molecule has 0 spiro atoms. The first-order chi connectivity index (χ1) is 32.9. The van der Waals surface area contributed by atoms with Gasteiger partial charge in [-0.25, -0.2) is 4.57 Å². The predicted molar refractivity (Wildman–Crippen MR) is 291 cm³/mol. The second-order valence-corrected chi connectivity index (χ2v) is 21.5. The Morgan fingerprint density at radius 2 is 0.941 bits per heavy atom. The van der Waals surface area contributed by atoms with Crippen molar-refractivity contribution in [3.05, 3.63) is 60.8 Å². The number of nitrogens with one attached hydrogen (secondary N) is 1. The lowest BCUT2D eigenvalue weighted by molar-refractivity contribution is -0.870. The van der Waals surface area contributed by atoms with Gasteiger partial charge in [0.2, 0.25) is 5.91 Å². The molecule has 396 valence electrons. The van der Waals surface area contributed by atoms with E-state index in [2.05, 4.69) is 74.7 Å². The van der Waals surface area contributed by atoms with E-state index in [1.807, 2.05) is 33.3 Å². The van der Waals surface area contributed by atoms with Gasteiger partial charge in [-0.1, -0.05) is 204 Å². The fourth-order valence-corrected chi connectivity index (χ4v) is 8.57. The quantitative estimate of drug-likeness (QED) is 0.0205. The zero-order valence-corrected chi connectivity index (χ0v) is 46.0. The Labute approximate surface area is 420 Å². The molecule has 10 heteroatoms. The molecule has 68 heavy (non-hydrogen) atoms. The summed E-state index contributed by atoms with van der Waals surface area (Å²) in [6.45, 7) is 6.86. The average molecular weight is 976 g/mol. The van der Waals surface area contributed by atoms with E-state index in [0.717, 1.165) is 96.3 Å². The summed E-state index contributed by atoms with van der Waals surface area (Å²) in [4.78, 5) is 37.5. The van der Waals surface area contributed by atoms with Crippen LogP contribution in [0.3, 0.4) is 0 Å². The summed E-state index contributed by atoms with van der Waals surface area (Å²) >= 11 is 0. The maximum atomic E-state index is 13.5. The smallest absolute Gasteiger partial charge is 0.456 e. The van der Waals surface area contributed by atoms with Crippen LogP contribution in [0.4, 0.5) is 0 Å². The van der Waals surface area contributed by atoms with Gasteiger partial charge in [0.25, 0.3) is 0 Å². The molecule has 0 aliphatic heterocycles. The van der Waals surface area contributed by atoms with Crippen LogP contribution in [0.25, 0.3) is 0 Å². The monoisotopic (exact) mass is 976 g/mol. The Morgan fingerprint density at radius 1 is 0.529 bits per heavy atom. The zero-order valence-electron chi connectivity index (χ0n) is 45.1. The fraction of sp³-hybridized carbons (Fsp3) is 0.793. The third-order valence-corrected chi connectivity index (χ3v) is 13.2. The molecule has 0 saturated heterocycles. The summed E-state index contributed by atoms with van der Waals surface area (Å²) in [6, 6.07) is -0.859. The molecular weight excluding hydrogens is 868 g/mol. The zero-order chi connectivity index (χ0) is 50.1. The highest BCUT2D eigenvalue weighted by atomic mass is 31.2. The van der Waals surface area contributed by atoms with Gasteiger partial charge in [-0.15, -0.1) is 0 Å². The molecule has 0 aliphatic rings. The maximum Gasteiger partial charge on any atom is 0.472 e. The van der Waals surface area contributed by atoms with Crippen LogP contribution in [0.2, 0.25) is 0 Å². The normalized spacial score (nSPS) is 14.3. The summed E-state index contributed by atoms with van der Waals surface area (Å²) in [5.74, 6) is -0.536. The molecule has 0 radical (unpaired) electrons. The van der Waals surface area contributed by atoms with Crippen LogP contribution in [0.5, 0.6) is 0 Å². The number of quaternary nitrogens is 1. The fourth-order valence-electron chi connectivity index (χ4n) is 7.83. The van der Waals surface area contributed by atoms with Gasteiger partial charge in [0, 0.05) is 12.8 Å². The Kier molecular flexibility index (Phi) is 46.7. The van der Waals surface area contributed by atoms with Gasteiger partial charge in [0.1, 0.15) is 19.3 Å². The van der Waals surface area contributed by atoms with Crippen molar-refractivity contribution in [2.75, 3.05) is 40.9 Å². The van der Waals surface area contributed by atoms with Crippen LogP contribution in [0.15, 0.2) is 60.8 Å². The molecule has 3 unspecified atom stereocenters. The lowest BCUT2D eigenvalue weighted by Gasteiger charge is -2.27. The molecule has 0 bridgehead atoms. The summed E-state index contributed by atoms with van der Waals surface area (Å²) in [5.41, 5.74) is 0. The summed E-state index contributed by atoms with van der Waals surface area (Å²) in [5, 5.41) is 3.04. The molecular formula is C58H108N2O7P+. The molecule has 0 aromatic rings. The average Bonchev–Trinajstić information content (AvgIpc) is 3.29. The molecule has 9 nitrogen and oxygen atoms in total. The van der Waals surface area contributed by atoms with E-state index < -0.39 is 20.0 Å². The van der Waals surface area contributed by atoms with Crippen LogP contribution in [-0.2, 0) is 27.9 Å². The number of hydrogen-bond donors (Lipinski definition) is 2. The lowest BCUT2D eigenvalue weighted by atomic mass is 10.1. The molecule has 0 fully saturated rings. The number of phosphoric acid groups is 1. The van der Waals surface area contributed by atoms with Crippen molar-refractivity contribution >= 4 is 19.7 Å². The minimum Gasteiger partial charge on any atom is -0.456 e. The van der Waals surface area contributed by atoms with E-state index in [9.17, 15) is 19.0 Å². The van der Waals surface area contributed by atoms with Crippen molar-refractivity contribution in [3.8, 4) is 0 Å². The number of carbonyl (C=O) groups is 2. The van der Waals surface area contributed by atoms with Gasteiger partial charge in [-0.05, 0) is 89.5 Å². The Morgan fingerprint density at radius 3 is 1.43 bits per heavy atom. The molecule has 0 heterocycles. The second-order valence-electron chi connectivity index (χ2n) is 20.1. The van der Waals surface area contributed by atoms with Crippen molar-refractivity contribution in [2.24, 2.45) is 0 Å². The van der Waals surface area contributed by atoms with E-state index in [1.165, 1.54) is 109 Å². The predicted octanol–water partition coefficient (Wildman–Crippen LogP) is 16.7. The minimum absolute atomic E-state index is 0.0343. The van der Waals surface area contributed by atoms with Gasteiger partial charge < -0.3 is 19.4 Å². The largest absolute Gasteiger partial charge is 0.472 e. The van der Waals surface area contributed by atoms with Crippen molar-refractivity contribution < 1.29 is 37.3 Å². The van der Waals surface area contributed by atoms with Crippen LogP contribution < -0.4 is 5.32 Å².